The number of rotatable bonds is 7. The van der Waals surface area contributed by atoms with Crippen LogP contribution >= 0.6 is 11.6 Å². The molecule has 7 heteroatoms. The Kier molecular flexibility index (Phi) is 6.68. The number of amides is 1. The van der Waals surface area contributed by atoms with Crippen molar-refractivity contribution in [1.29, 1.82) is 0 Å². The van der Waals surface area contributed by atoms with Crippen LogP contribution in [-0.2, 0) is 14.8 Å². The largest absolute Gasteiger partial charge is 0.352 e. The number of hydrogen-bond donors (Lipinski definition) is 1. The van der Waals surface area contributed by atoms with Crippen LogP contribution < -0.4 is 9.62 Å². The van der Waals surface area contributed by atoms with E-state index in [0.29, 0.717) is 10.7 Å². The molecule has 0 radical (unpaired) electrons. The van der Waals surface area contributed by atoms with Crippen LogP contribution in [0.4, 0.5) is 5.69 Å². The molecule has 0 spiro atoms. The Hall–Kier alpha value is -1.27. The van der Waals surface area contributed by atoms with Gasteiger partial charge in [-0.25, -0.2) is 8.42 Å². The SMILES string of the molecule is CCC[C@H](C)NC(=O)[C@H](C)N(c1cccc(Cl)c1)S(C)(=O)=O. The van der Waals surface area contributed by atoms with Gasteiger partial charge in [-0.1, -0.05) is 31.0 Å². The Morgan fingerprint density at radius 1 is 1.36 bits per heavy atom. The zero-order valence-electron chi connectivity index (χ0n) is 13.3. The summed E-state index contributed by atoms with van der Waals surface area (Å²) >= 11 is 5.93. The van der Waals surface area contributed by atoms with Crippen molar-refractivity contribution in [1.82, 2.24) is 5.32 Å². The first-order valence-corrected chi connectivity index (χ1v) is 9.44. The van der Waals surface area contributed by atoms with Crippen LogP contribution in [0.25, 0.3) is 0 Å². The van der Waals surface area contributed by atoms with E-state index in [9.17, 15) is 13.2 Å². The maximum absolute atomic E-state index is 12.3. The predicted molar refractivity (Wildman–Crippen MR) is 90.7 cm³/mol. The van der Waals surface area contributed by atoms with E-state index in [-0.39, 0.29) is 11.9 Å². The molecule has 124 valence electrons. The van der Waals surface area contributed by atoms with E-state index >= 15 is 0 Å². The van der Waals surface area contributed by atoms with Gasteiger partial charge in [-0.15, -0.1) is 0 Å². The van der Waals surface area contributed by atoms with E-state index in [4.69, 9.17) is 11.6 Å². The minimum Gasteiger partial charge on any atom is -0.352 e. The summed E-state index contributed by atoms with van der Waals surface area (Å²) in [7, 11) is -3.61. The summed E-state index contributed by atoms with van der Waals surface area (Å²) in [6.45, 7) is 5.50. The van der Waals surface area contributed by atoms with Crippen LogP contribution in [0.1, 0.15) is 33.6 Å². The fraction of sp³-hybridized carbons (Fsp3) is 0.533. The average molecular weight is 347 g/mol. The Bertz CT molecular complexity index is 619. The fourth-order valence-electron chi connectivity index (χ4n) is 2.29. The fourth-order valence-corrected chi connectivity index (χ4v) is 3.64. The summed E-state index contributed by atoms with van der Waals surface area (Å²) in [5, 5.41) is 3.25. The first kappa shape index (κ1) is 18.8. The lowest BCUT2D eigenvalue weighted by Crippen LogP contribution is -2.49. The maximum atomic E-state index is 12.3. The van der Waals surface area contributed by atoms with Crippen LogP contribution in [0, 0.1) is 0 Å². The standard InChI is InChI=1S/C15H23ClN2O3S/c1-5-7-11(2)17-15(19)12(3)18(22(4,20)21)14-9-6-8-13(16)10-14/h6,8-12H,5,7H2,1-4H3,(H,17,19)/t11-,12-/m0/s1. The smallest absolute Gasteiger partial charge is 0.243 e. The molecule has 0 aliphatic carbocycles. The third-order valence-corrected chi connectivity index (χ3v) is 4.74. The highest BCUT2D eigenvalue weighted by atomic mass is 35.5. The van der Waals surface area contributed by atoms with E-state index in [1.165, 1.54) is 6.07 Å². The summed E-state index contributed by atoms with van der Waals surface area (Å²) < 4.78 is 25.3. The molecule has 1 amide bonds. The lowest BCUT2D eigenvalue weighted by molar-refractivity contribution is -0.122. The van der Waals surface area contributed by atoms with E-state index < -0.39 is 16.1 Å². The number of carbonyl (C=O) groups excluding carboxylic acids is 1. The van der Waals surface area contributed by atoms with Gasteiger partial charge in [0.2, 0.25) is 15.9 Å². The molecule has 0 fully saturated rings. The molecule has 0 unspecified atom stereocenters. The van der Waals surface area contributed by atoms with E-state index in [1.807, 2.05) is 13.8 Å². The molecule has 1 N–H and O–H groups in total. The molecule has 0 aromatic heterocycles. The lowest BCUT2D eigenvalue weighted by atomic mass is 10.2. The topological polar surface area (TPSA) is 66.5 Å². The van der Waals surface area contributed by atoms with Gasteiger partial charge >= 0.3 is 0 Å². The highest BCUT2D eigenvalue weighted by Crippen LogP contribution is 2.24. The number of carbonyl (C=O) groups is 1. The van der Waals surface area contributed by atoms with E-state index in [2.05, 4.69) is 5.32 Å². The van der Waals surface area contributed by atoms with Gasteiger partial charge in [0.1, 0.15) is 6.04 Å². The van der Waals surface area contributed by atoms with Gasteiger partial charge in [0.25, 0.3) is 0 Å². The number of anilines is 1. The lowest BCUT2D eigenvalue weighted by Gasteiger charge is -2.29. The quantitative estimate of drug-likeness (QED) is 0.825. The van der Waals surface area contributed by atoms with Crippen LogP contribution in [-0.4, -0.2) is 32.7 Å². The van der Waals surface area contributed by atoms with Crippen LogP contribution in [0.15, 0.2) is 24.3 Å². The third-order valence-electron chi connectivity index (χ3n) is 3.26. The minimum absolute atomic E-state index is 0.000668. The second kappa shape index (κ2) is 7.83. The Labute approximate surface area is 137 Å². The van der Waals surface area contributed by atoms with Gasteiger partial charge < -0.3 is 5.32 Å². The maximum Gasteiger partial charge on any atom is 0.243 e. The van der Waals surface area contributed by atoms with Gasteiger partial charge in [-0.2, -0.15) is 0 Å². The van der Waals surface area contributed by atoms with Crippen molar-refractivity contribution >= 4 is 33.2 Å². The van der Waals surface area contributed by atoms with Gasteiger partial charge in [0.15, 0.2) is 0 Å². The first-order chi connectivity index (χ1) is 10.2. The summed E-state index contributed by atoms with van der Waals surface area (Å²) in [4.78, 5) is 12.3. The molecule has 1 aromatic rings. The highest BCUT2D eigenvalue weighted by molar-refractivity contribution is 7.92. The van der Waals surface area contributed by atoms with E-state index in [0.717, 1.165) is 23.4 Å². The number of nitrogens with zero attached hydrogens (tertiary/aromatic N) is 1. The van der Waals surface area contributed by atoms with Gasteiger partial charge in [0.05, 0.1) is 11.9 Å². The van der Waals surface area contributed by atoms with Crippen molar-refractivity contribution in [2.75, 3.05) is 10.6 Å². The van der Waals surface area contributed by atoms with Crippen molar-refractivity contribution in [2.45, 2.75) is 45.7 Å². The first-order valence-electron chi connectivity index (χ1n) is 7.22. The average Bonchev–Trinajstić information content (AvgIpc) is 2.37. The number of nitrogens with one attached hydrogen (secondary N) is 1. The zero-order chi connectivity index (χ0) is 16.9. The van der Waals surface area contributed by atoms with Crippen molar-refractivity contribution in [3.8, 4) is 0 Å². The van der Waals surface area contributed by atoms with Crippen molar-refractivity contribution in [3.63, 3.8) is 0 Å². The Morgan fingerprint density at radius 3 is 2.50 bits per heavy atom. The normalized spacial score (nSPS) is 14.2. The molecule has 5 nitrogen and oxygen atoms in total. The molecule has 0 heterocycles. The second-order valence-electron chi connectivity index (χ2n) is 5.41. The van der Waals surface area contributed by atoms with Crippen LogP contribution in [0.5, 0.6) is 0 Å². The Balaban J connectivity index is 3.05. The monoisotopic (exact) mass is 346 g/mol. The molecule has 0 saturated carbocycles. The number of sulfonamides is 1. The number of benzene rings is 1. The molecule has 2 atom stereocenters. The summed E-state index contributed by atoms with van der Waals surface area (Å²) in [6.07, 6.45) is 2.86. The van der Waals surface area contributed by atoms with Crippen LogP contribution in [0.2, 0.25) is 5.02 Å². The number of hydrogen-bond acceptors (Lipinski definition) is 3. The summed E-state index contributed by atoms with van der Waals surface area (Å²) in [5.74, 6) is -0.327. The molecular weight excluding hydrogens is 324 g/mol. The highest BCUT2D eigenvalue weighted by Gasteiger charge is 2.29. The van der Waals surface area contributed by atoms with Crippen molar-refractivity contribution < 1.29 is 13.2 Å². The van der Waals surface area contributed by atoms with Gasteiger partial charge in [-0.05, 0) is 38.5 Å². The number of halogens is 1. The third kappa shape index (κ3) is 5.18. The summed E-state index contributed by atoms with van der Waals surface area (Å²) in [5.41, 5.74) is 0.376. The van der Waals surface area contributed by atoms with Crippen LogP contribution in [0.3, 0.4) is 0 Å². The van der Waals surface area contributed by atoms with Crippen molar-refractivity contribution in [3.05, 3.63) is 29.3 Å². The molecular formula is C15H23ClN2O3S. The van der Waals surface area contributed by atoms with Gasteiger partial charge in [0, 0.05) is 11.1 Å². The predicted octanol–water partition coefficient (Wildman–Crippen LogP) is 2.80. The van der Waals surface area contributed by atoms with E-state index in [1.54, 1.807) is 25.1 Å². The molecule has 1 aromatic carbocycles. The zero-order valence-corrected chi connectivity index (χ0v) is 14.9. The summed E-state index contributed by atoms with van der Waals surface area (Å²) in [6, 6.07) is 5.60. The minimum atomic E-state index is -3.61. The molecule has 0 aliphatic rings. The molecule has 1 rings (SSSR count). The molecule has 0 saturated heterocycles. The molecule has 22 heavy (non-hydrogen) atoms. The van der Waals surface area contributed by atoms with Crippen molar-refractivity contribution in [2.24, 2.45) is 0 Å². The molecule has 0 bridgehead atoms. The second-order valence-corrected chi connectivity index (χ2v) is 7.71. The Morgan fingerprint density at radius 2 is 2.00 bits per heavy atom. The van der Waals surface area contributed by atoms with Gasteiger partial charge in [-0.3, -0.25) is 9.10 Å². The molecule has 0 aliphatic heterocycles.